The molecule has 3 rings (SSSR count). The second kappa shape index (κ2) is 8.42. The van der Waals surface area contributed by atoms with Gasteiger partial charge in [-0.2, -0.15) is 0 Å². The molecule has 0 bridgehead atoms. The molecule has 0 aliphatic carbocycles. The Balaban J connectivity index is 1.99. The maximum atomic E-state index is 13.4. The molecule has 1 aliphatic rings. The lowest BCUT2D eigenvalue weighted by molar-refractivity contribution is -0.117. The van der Waals surface area contributed by atoms with Crippen molar-refractivity contribution in [2.45, 2.75) is 31.2 Å². The Morgan fingerprint density at radius 3 is 2.48 bits per heavy atom. The highest BCUT2D eigenvalue weighted by Crippen LogP contribution is 2.38. The average molecular weight is 483 g/mol. The second-order valence-electron chi connectivity index (χ2n) is 6.13. The number of rotatable bonds is 5. The lowest BCUT2D eigenvalue weighted by Crippen LogP contribution is -2.50. The number of benzene rings is 2. The number of hydrogen-bond donors (Lipinski definition) is 1. The lowest BCUT2D eigenvalue weighted by Gasteiger charge is -2.36. The molecule has 10 heteroatoms. The molecule has 0 fully saturated rings. The Morgan fingerprint density at radius 1 is 1.17 bits per heavy atom. The van der Waals surface area contributed by atoms with Gasteiger partial charge < -0.3 is 14.8 Å². The third-order valence-electron chi connectivity index (χ3n) is 4.27. The minimum Gasteiger partial charge on any atom is -0.434 e. The van der Waals surface area contributed by atoms with E-state index >= 15 is 0 Å². The first-order valence-electron chi connectivity index (χ1n) is 8.87. The Hall–Kier alpha value is -2.59. The van der Waals surface area contributed by atoms with Crippen molar-refractivity contribution in [1.82, 2.24) is 0 Å². The van der Waals surface area contributed by atoms with Gasteiger partial charge in [0.05, 0.1) is 22.9 Å². The standard InChI is InChI=1S/C19H19BrN2O6S/c1-3-16-18(23)21-15-11-12(20)5-10-17(15)22(16)29(25,26)14-8-6-13(7-9-14)28-19(24)27-4-2/h5-11,16H,3-4H2,1-2H3,(H,21,23)/t16-/m0/s1. The number of nitrogens with one attached hydrogen (secondary N) is 1. The zero-order valence-corrected chi connectivity index (χ0v) is 18.1. The number of halogens is 1. The van der Waals surface area contributed by atoms with Gasteiger partial charge in [0, 0.05) is 4.47 Å². The Kier molecular flexibility index (Phi) is 6.13. The number of hydrogen-bond acceptors (Lipinski definition) is 6. The molecule has 1 atom stereocenters. The minimum absolute atomic E-state index is 0.0317. The van der Waals surface area contributed by atoms with E-state index in [1.807, 2.05) is 0 Å². The molecule has 1 N–H and O–H groups in total. The van der Waals surface area contributed by atoms with Crippen LogP contribution in [0.25, 0.3) is 0 Å². The van der Waals surface area contributed by atoms with E-state index in [4.69, 9.17) is 9.47 Å². The highest BCUT2D eigenvalue weighted by Gasteiger charge is 2.40. The summed E-state index contributed by atoms with van der Waals surface area (Å²) in [6.07, 6.45) is -0.577. The maximum absolute atomic E-state index is 13.4. The number of fused-ring (bicyclic) bond motifs is 1. The van der Waals surface area contributed by atoms with Crippen molar-refractivity contribution in [1.29, 1.82) is 0 Å². The van der Waals surface area contributed by atoms with Crippen LogP contribution in [0.3, 0.4) is 0 Å². The van der Waals surface area contributed by atoms with Crippen LogP contribution in [0.2, 0.25) is 0 Å². The van der Waals surface area contributed by atoms with Gasteiger partial charge in [0.25, 0.3) is 10.0 Å². The predicted molar refractivity (Wildman–Crippen MR) is 111 cm³/mol. The fourth-order valence-corrected chi connectivity index (χ4v) is 5.04. The van der Waals surface area contributed by atoms with Crippen LogP contribution >= 0.6 is 15.9 Å². The molecular formula is C19H19BrN2O6S. The quantitative estimate of drug-likeness (QED) is 0.511. The topological polar surface area (TPSA) is 102 Å². The van der Waals surface area contributed by atoms with Crippen LogP contribution in [-0.2, 0) is 19.6 Å². The first-order chi connectivity index (χ1) is 13.8. The Bertz CT molecular complexity index is 1040. The second-order valence-corrected chi connectivity index (χ2v) is 8.86. The highest BCUT2D eigenvalue weighted by atomic mass is 79.9. The van der Waals surface area contributed by atoms with E-state index in [2.05, 4.69) is 21.2 Å². The maximum Gasteiger partial charge on any atom is 0.513 e. The zero-order valence-electron chi connectivity index (χ0n) is 15.7. The molecule has 1 aliphatic heterocycles. The lowest BCUT2D eigenvalue weighted by atomic mass is 10.1. The number of ether oxygens (including phenoxy) is 2. The van der Waals surface area contributed by atoms with Gasteiger partial charge in [-0.3, -0.25) is 9.10 Å². The molecule has 154 valence electrons. The number of nitrogens with zero attached hydrogens (tertiary/aromatic N) is 1. The van der Waals surface area contributed by atoms with Gasteiger partial charge in [-0.15, -0.1) is 0 Å². The van der Waals surface area contributed by atoms with E-state index < -0.39 is 28.1 Å². The van der Waals surface area contributed by atoms with E-state index in [0.717, 1.165) is 4.31 Å². The van der Waals surface area contributed by atoms with E-state index in [9.17, 15) is 18.0 Å². The average Bonchev–Trinajstić information content (AvgIpc) is 2.67. The van der Waals surface area contributed by atoms with Gasteiger partial charge in [-0.05, 0) is 55.8 Å². The Morgan fingerprint density at radius 2 is 1.86 bits per heavy atom. The summed E-state index contributed by atoms with van der Waals surface area (Å²) in [7, 11) is -4.05. The van der Waals surface area contributed by atoms with Crippen molar-refractivity contribution in [3.8, 4) is 5.75 Å². The van der Waals surface area contributed by atoms with E-state index in [-0.39, 0.29) is 17.3 Å². The molecule has 2 aromatic rings. The van der Waals surface area contributed by atoms with Crippen LogP contribution in [-0.4, -0.2) is 33.1 Å². The van der Waals surface area contributed by atoms with Crippen molar-refractivity contribution in [2.75, 3.05) is 16.2 Å². The molecule has 0 spiro atoms. The normalized spacial score (nSPS) is 16.0. The number of anilines is 2. The first kappa shape index (κ1) is 21.1. The summed E-state index contributed by atoms with van der Waals surface area (Å²) in [4.78, 5) is 23.9. The van der Waals surface area contributed by atoms with Crippen molar-refractivity contribution in [3.63, 3.8) is 0 Å². The molecule has 2 aromatic carbocycles. The summed E-state index contributed by atoms with van der Waals surface area (Å²) in [5.41, 5.74) is 0.784. The molecule has 0 radical (unpaired) electrons. The largest absolute Gasteiger partial charge is 0.513 e. The number of carbonyl (C=O) groups is 2. The summed E-state index contributed by atoms with van der Waals surface area (Å²) in [6.45, 7) is 3.55. The summed E-state index contributed by atoms with van der Waals surface area (Å²) in [5, 5.41) is 2.75. The van der Waals surface area contributed by atoms with Gasteiger partial charge in [-0.25, -0.2) is 13.2 Å². The first-order valence-corrected chi connectivity index (χ1v) is 11.1. The van der Waals surface area contributed by atoms with Crippen LogP contribution in [0.5, 0.6) is 5.75 Å². The monoisotopic (exact) mass is 482 g/mol. The van der Waals surface area contributed by atoms with Gasteiger partial charge >= 0.3 is 6.16 Å². The Labute approximate surface area is 177 Å². The van der Waals surface area contributed by atoms with Crippen LogP contribution in [0.1, 0.15) is 20.3 Å². The molecule has 29 heavy (non-hydrogen) atoms. The predicted octanol–water partition coefficient (Wildman–Crippen LogP) is 3.91. The summed E-state index contributed by atoms with van der Waals surface area (Å²) >= 11 is 3.33. The van der Waals surface area contributed by atoms with E-state index in [0.29, 0.717) is 22.3 Å². The molecule has 0 unspecified atom stereocenters. The minimum atomic E-state index is -4.05. The molecule has 8 nitrogen and oxygen atoms in total. The fourth-order valence-electron chi connectivity index (χ4n) is 2.98. The van der Waals surface area contributed by atoms with Crippen LogP contribution < -0.4 is 14.4 Å². The molecule has 1 amide bonds. The number of sulfonamides is 1. The summed E-state index contributed by atoms with van der Waals surface area (Å²) < 4.78 is 38.3. The van der Waals surface area contributed by atoms with Gasteiger partial charge in [0.1, 0.15) is 11.8 Å². The van der Waals surface area contributed by atoms with E-state index in [1.165, 1.54) is 24.3 Å². The number of amides is 1. The van der Waals surface area contributed by atoms with Gasteiger partial charge in [0.15, 0.2) is 0 Å². The van der Waals surface area contributed by atoms with Crippen LogP contribution in [0, 0.1) is 0 Å². The third kappa shape index (κ3) is 4.23. The van der Waals surface area contributed by atoms with Crippen molar-refractivity contribution >= 4 is 49.4 Å². The fraction of sp³-hybridized carbons (Fsp3) is 0.263. The molecule has 0 saturated carbocycles. The number of carbonyl (C=O) groups excluding carboxylic acids is 2. The van der Waals surface area contributed by atoms with Gasteiger partial charge in [-0.1, -0.05) is 22.9 Å². The molecular weight excluding hydrogens is 464 g/mol. The van der Waals surface area contributed by atoms with E-state index in [1.54, 1.807) is 32.0 Å². The zero-order chi connectivity index (χ0) is 21.2. The van der Waals surface area contributed by atoms with Crippen LogP contribution in [0.4, 0.5) is 16.2 Å². The summed E-state index contributed by atoms with van der Waals surface area (Å²) in [5.74, 6) is -0.251. The van der Waals surface area contributed by atoms with Crippen molar-refractivity contribution in [3.05, 3.63) is 46.9 Å². The van der Waals surface area contributed by atoms with Crippen molar-refractivity contribution in [2.24, 2.45) is 0 Å². The summed E-state index contributed by atoms with van der Waals surface area (Å²) in [6, 6.07) is 9.47. The SMILES string of the molecule is CCOC(=O)Oc1ccc(S(=O)(=O)N2c3ccc(Br)cc3NC(=O)[C@@H]2CC)cc1. The third-order valence-corrected chi connectivity index (χ3v) is 6.60. The molecule has 0 saturated heterocycles. The van der Waals surface area contributed by atoms with Crippen LogP contribution in [0.15, 0.2) is 51.8 Å². The highest BCUT2D eigenvalue weighted by molar-refractivity contribution is 9.10. The smallest absolute Gasteiger partial charge is 0.434 e. The van der Waals surface area contributed by atoms with Crippen molar-refractivity contribution < 1.29 is 27.5 Å². The van der Waals surface area contributed by atoms with Gasteiger partial charge in [0.2, 0.25) is 5.91 Å². The molecule has 1 heterocycles. The molecule has 0 aromatic heterocycles.